The van der Waals surface area contributed by atoms with Crippen molar-refractivity contribution in [3.8, 4) is 22.2 Å². The van der Waals surface area contributed by atoms with Gasteiger partial charge in [-0.25, -0.2) is 4.98 Å². The first kappa shape index (κ1) is 15.5. The van der Waals surface area contributed by atoms with E-state index in [0.717, 1.165) is 10.4 Å². The molecule has 3 aromatic rings. The maximum Gasteiger partial charge on any atom is 0.191 e. The Morgan fingerprint density at radius 1 is 1.30 bits per heavy atom. The number of nitrogens with two attached hydrogens (primary N) is 1. The molecule has 0 saturated heterocycles. The van der Waals surface area contributed by atoms with Crippen LogP contribution in [0.25, 0.3) is 10.7 Å². The number of aromatic amines is 1. The highest BCUT2D eigenvalue weighted by Gasteiger charge is 2.17. The highest BCUT2D eigenvalue weighted by atomic mass is 32.1. The molecule has 120 valence electrons. The zero-order valence-corrected chi connectivity index (χ0v) is 13.8. The maximum atomic E-state index is 6.31. The smallest absolute Gasteiger partial charge is 0.191 e. The predicted molar refractivity (Wildman–Crippen MR) is 89.9 cm³/mol. The lowest BCUT2D eigenvalue weighted by molar-refractivity contribution is 0.310. The van der Waals surface area contributed by atoms with Gasteiger partial charge in [0.2, 0.25) is 0 Å². The summed E-state index contributed by atoms with van der Waals surface area (Å²) in [6.45, 7) is 2.48. The molecule has 7 heteroatoms. The third-order valence-corrected chi connectivity index (χ3v) is 4.25. The number of benzene rings is 1. The van der Waals surface area contributed by atoms with Gasteiger partial charge in [0.1, 0.15) is 5.82 Å². The van der Waals surface area contributed by atoms with Crippen molar-refractivity contribution >= 4 is 11.3 Å². The van der Waals surface area contributed by atoms with Gasteiger partial charge >= 0.3 is 0 Å². The van der Waals surface area contributed by atoms with E-state index in [0.29, 0.717) is 29.8 Å². The zero-order chi connectivity index (χ0) is 16.2. The Kier molecular flexibility index (Phi) is 4.59. The largest absolute Gasteiger partial charge is 0.493 e. The van der Waals surface area contributed by atoms with Gasteiger partial charge in [-0.05, 0) is 36.1 Å². The van der Waals surface area contributed by atoms with E-state index in [4.69, 9.17) is 15.2 Å². The molecule has 0 aliphatic rings. The summed E-state index contributed by atoms with van der Waals surface area (Å²) >= 11 is 1.59. The molecule has 1 aromatic carbocycles. The van der Waals surface area contributed by atoms with E-state index in [1.54, 1.807) is 18.4 Å². The summed E-state index contributed by atoms with van der Waals surface area (Å²) in [5.74, 6) is 2.62. The average Bonchev–Trinajstić information content (AvgIpc) is 3.25. The first-order chi connectivity index (χ1) is 11.2. The summed E-state index contributed by atoms with van der Waals surface area (Å²) in [6.07, 6.45) is 0. The summed E-state index contributed by atoms with van der Waals surface area (Å²) < 4.78 is 10.9. The van der Waals surface area contributed by atoms with Crippen LogP contribution in [0, 0.1) is 0 Å². The van der Waals surface area contributed by atoms with Gasteiger partial charge in [0.05, 0.1) is 24.6 Å². The van der Waals surface area contributed by atoms with Crippen molar-refractivity contribution in [2.75, 3.05) is 13.7 Å². The van der Waals surface area contributed by atoms with E-state index in [-0.39, 0.29) is 0 Å². The summed E-state index contributed by atoms with van der Waals surface area (Å²) in [4.78, 5) is 5.50. The molecule has 0 spiro atoms. The number of aromatic nitrogens is 3. The third-order valence-electron chi connectivity index (χ3n) is 3.39. The van der Waals surface area contributed by atoms with E-state index in [1.807, 2.05) is 42.6 Å². The summed E-state index contributed by atoms with van der Waals surface area (Å²) in [6, 6.07) is 9.15. The van der Waals surface area contributed by atoms with E-state index >= 15 is 0 Å². The van der Waals surface area contributed by atoms with Crippen molar-refractivity contribution in [3.63, 3.8) is 0 Å². The molecule has 2 aromatic heterocycles. The van der Waals surface area contributed by atoms with Crippen LogP contribution < -0.4 is 15.2 Å². The van der Waals surface area contributed by atoms with Crippen molar-refractivity contribution in [3.05, 3.63) is 47.1 Å². The van der Waals surface area contributed by atoms with Crippen LogP contribution in [0.3, 0.4) is 0 Å². The lowest BCUT2D eigenvalue weighted by Gasteiger charge is -2.14. The van der Waals surface area contributed by atoms with Crippen LogP contribution in [0.15, 0.2) is 35.7 Å². The topological polar surface area (TPSA) is 86.0 Å². The number of hydrogen-bond acceptors (Lipinski definition) is 6. The molecular weight excluding hydrogens is 312 g/mol. The fraction of sp³-hybridized carbons (Fsp3) is 0.250. The van der Waals surface area contributed by atoms with Gasteiger partial charge < -0.3 is 15.2 Å². The van der Waals surface area contributed by atoms with Gasteiger partial charge in [0.25, 0.3) is 0 Å². The standard InChI is InChI=1S/C16H18N4O2S/c1-3-22-12-9-10(6-7-11(12)21-2)14(17)16-18-15(19-20-16)13-5-4-8-23-13/h4-9,14H,3,17H2,1-2H3,(H,18,19,20)/t14-/m0/s1. The van der Waals surface area contributed by atoms with Crippen molar-refractivity contribution < 1.29 is 9.47 Å². The molecule has 1 atom stereocenters. The molecule has 0 fully saturated rings. The van der Waals surface area contributed by atoms with Gasteiger partial charge in [0, 0.05) is 0 Å². The third kappa shape index (κ3) is 3.20. The number of ether oxygens (including phenoxy) is 2. The SMILES string of the molecule is CCOc1cc([C@H](N)c2nc(-c3cccs3)n[nH]2)ccc1OC. The van der Waals surface area contributed by atoms with E-state index in [1.165, 1.54) is 0 Å². The Bertz CT molecular complexity index is 770. The lowest BCUT2D eigenvalue weighted by Crippen LogP contribution is -2.14. The molecule has 3 N–H and O–H groups in total. The molecule has 0 bridgehead atoms. The zero-order valence-electron chi connectivity index (χ0n) is 12.9. The van der Waals surface area contributed by atoms with Gasteiger partial charge in [-0.1, -0.05) is 12.1 Å². The number of H-pyrrole nitrogens is 1. The molecule has 2 heterocycles. The quantitative estimate of drug-likeness (QED) is 0.725. The number of methoxy groups -OCH3 is 1. The molecule has 23 heavy (non-hydrogen) atoms. The predicted octanol–water partition coefficient (Wildman–Crippen LogP) is 2.99. The molecule has 0 unspecified atom stereocenters. The van der Waals surface area contributed by atoms with Crippen molar-refractivity contribution in [2.45, 2.75) is 13.0 Å². The van der Waals surface area contributed by atoms with Crippen LogP contribution in [0.2, 0.25) is 0 Å². The van der Waals surface area contributed by atoms with Crippen molar-refractivity contribution in [1.82, 2.24) is 15.2 Å². The second kappa shape index (κ2) is 6.80. The fourth-order valence-electron chi connectivity index (χ4n) is 2.24. The Labute approximate surface area is 138 Å². The lowest BCUT2D eigenvalue weighted by atomic mass is 10.1. The molecule has 0 radical (unpaired) electrons. The van der Waals surface area contributed by atoms with Gasteiger partial charge in [-0.2, -0.15) is 5.10 Å². The Balaban J connectivity index is 1.88. The minimum atomic E-state index is -0.415. The maximum absolute atomic E-state index is 6.31. The van der Waals surface area contributed by atoms with Gasteiger partial charge in [-0.3, -0.25) is 5.10 Å². The average molecular weight is 330 g/mol. The molecule has 0 aliphatic heterocycles. The van der Waals surface area contributed by atoms with E-state index in [2.05, 4.69) is 15.2 Å². The second-order valence-corrected chi connectivity index (χ2v) is 5.79. The molecule has 0 amide bonds. The minimum Gasteiger partial charge on any atom is -0.493 e. The summed E-state index contributed by atoms with van der Waals surface area (Å²) in [5.41, 5.74) is 7.19. The van der Waals surface area contributed by atoms with Crippen LogP contribution in [0.4, 0.5) is 0 Å². The Hall–Kier alpha value is -2.38. The van der Waals surface area contributed by atoms with Crippen molar-refractivity contribution in [1.29, 1.82) is 0 Å². The molecule has 0 saturated carbocycles. The molecule has 3 rings (SSSR count). The second-order valence-electron chi connectivity index (χ2n) is 4.84. The van der Waals surface area contributed by atoms with Crippen LogP contribution in [0.5, 0.6) is 11.5 Å². The highest BCUT2D eigenvalue weighted by molar-refractivity contribution is 7.13. The van der Waals surface area contributed by atoms with E-state index < -0.39 is 6.04 Å². The number of nitrogens with zero attached hydrogens (tertiary/aromatic N) is 2. The number of rotatable bonds is 6. The van der Waals surface area contributed by atoms with Crippen LogP contribution in [-0.4, -0.2) is 28.9 Å². The highest BCUT2D eigenvalue weighted by Crippen LogP contribution is 2.31. The first-order valence-electron chi connectivity index (χ1n) is 7.25. The summed E-state index contributed by atoms with van der Waals surface area (Å²) in [7, 11) is 1.61. The van der Waals surface area contributed by atoms with Gasteiger partial charge in [-0.15, -0.1) is 11.3 Å². The Morgan fingerprint density at radius 2 is 2.17 bits per heavy atom. The first-order valence-corrected chi connectivity index (χ1v) is 8.13. The van der Waals surface area contributed by atoms with E-state index in [9.17, 15) is 0 Å². The minimum absolute atomic E-state index is 0.415. The molecule has 0 aliphatic carbocycles. The van der Waals surface area contributed by atoms with Crippen LogP contribution in [0.1, 0.15) is 24.4 Å². The van der Waals surface area contributed by atoms with Crippen LogP contribution >= 0.6 is 11.3 Å². The Morgan fingerprint density at radius 3 is 2.87 bits per heavy atom. The van der Waals surface area contributed by atoms with Crippen molar-refractivity contribution in [2.24, 2.45) is 5.73 Å². The number of thiophene rings is 1. The van der Waals surface area contributed by atoms with Gasteiger partial charge in [0.15, 0.2) is 17.3 Å². The molecular formula is C16H18N4O2S. The normalized spacial score (nSPS) is 12.1. The summed E-state index contributed by atoms with van der Waals surface area (Å²) in [5, 5.41) is 9.15. The number of hydrogen-bond donors (Lipinski definition) is 2. The van der Waals surface area contributed by atoms with Crippen LogP contribution in [-0.2, 0) is 0 Å². The monoisotopic (exact) mass is 330 g/mol. The number of nitrogens with one attached hydrogen (secondary N) is 1. The fourth-order valence-corrected chi connectivity index (χ4v) is 2.90. The molecule has 6 nitrogen and oxygen atoms in total.